The third kappa shape index (κ3) is 2.01. The maximum atomic E-state index is 11.0. The van der Waals surface area contributed by atoms with Gasteiger partial charge in [-0.1, -0.05) is 0 Å². The molecule has 0 aliphatic rings. The Morgan fingerprint density at radius 3 is 2.69 bits per heavy atom. The number of carbonyl (C=O) groups is 1. The first-order valence-corrected chi connectivity index (χ1v) is 4.92. The van der Waals surface area contributed by atoms with Crippen LogP contribution in [-0.4, -0.2) is 5.24 Å². The Kier molecular flexibility index (Phi) is 3.28. The summed E-state index contributed by atoms with van der Waals surface area (Å²) in [7, 11) is 0. The molecular formula is C9H5ClINO. The first-order valence-electron chi connectivity index (χ1n) is 3.47. The van der Waals surface area contributed by atoms with Gasteiger partial charge < -0.3 is 0 Å². The van der Waals surface area contributed by atoms with E-state index in [9.17, 15) is 4.79 Å². The fraction of sp³-hybridized carbons (Fsp3) is 0.111. The van der Waals surface area contributed by atoms with E-state index in [0.717, 1.165) is 3.57 Å². The van der Waals surface area contributed by atoms with Crippen LogP contribution < -0.4 is 0 Å². The van der Waals surface area contributed by atoms with Gasteiger partial charge in [0, 0.05) is 3.57 Å². The Bertz CT molecular complexity index is 409. The van der Waals surface area contributed by atoms with Crippen molar-refractivity contribution in [2.45, 2.75) is 6.92 Å². The molecule has 0 aliphatic heterocycles. The zero-order chi connectivity index (χ0) is 10.0. The van der Waals surface area contributed by atoms with E-state index in [1.54, 1.807) is 19.1 Å². The molecule has 0 heterocycles. The maximum absolute atomic E-state index is 11.0. The number of carbonyl (C=O) groups excluding carboxylic acids is 1. The van der Waals surface area contributed by atoms with Crippen LogP contribution in [0.5, 0.6) is 0 Å². The summed E-state index contributed by atoms with van der Waals surface area (Å²) in [6, 6.07) is 5.39. The second-order valence-corrected chi connectivity index (χ2v) is 3.99. The molecular weight excluding hydrogens is 300 g/mol. The monoisotopic (exact) mass is 305 g/mol. The minimum Gasteiger partial charge on any atom is -0.276 e. The summed E-state index contributed by atoms with van der Waals surface area (Å²) in [5.74, 6) is 0. The molecule has 0 spiro atoms. The number of hydrogen-bond acceptors (Lipinski definition) is 2. The average Bonchev–Trinajstić information content (AvgIpc) is 2.04. The lowest BCUT2D eigenvalue weighted by Gasteiger charge is -2.04. The van der Waals surface area contributed by atoms with E-state index in [1.165, 1.54) is 0 Å². The molecule has 13 heavy (non-hydrogen) atoms. The molecule has 1 rings (SSSR count). The van der Waals surface area contributed by atoms with Crippen LogP contribution in [0.4, 0.5) is 0 Å². The molecule has 0 fully saturated rings. The Hall–Kier alpha value is -0.600. The van der Waals surface area contributed by atoms with Crippen LogP contribution >= 0.6 is 34.2 Å². The SMILES string of the molecule is Cc1c(C#N)ccc(I)c1C(=O)Cl. The zero-order valence-corrected chi connectivity index (χ0v) is 9.68. The smallest absolute Gasteiger partial charge is 0.253 e. The van der Waals surface area contributed by atoms with Gasteiger partial charge in [0.25, 0.3) is 5.24 Å². The normalized spacial score (nSPS) is 9.38. The predicted octanol–water partition coefficient (Wildman–Crippen LogP) is 2.85. The zero-order valence-electron chi connectivity index (χ0n) is 6.77. The molecule has 0 bridgehead atoms. The number of nitrogens with zero attached hydrogens (tertiary/aromatic N) is 1. The van der Waals surface area contributed by atoms with Crippen LogP contribution in [0.15, 0.2) is 12.1 Å². The third-order valence-corrected chi connectivity index (χ3v) is 2.82. The molecule has 2 nitrogen and oxygen atoms in total. The number of hydrogen-bond donors (Lipinski definition) is 0. The lowest BCUT2D eigenvalue weighted by atomic mass is 10.0. The van der Waals surface area contributed by atoms with Crippen LogP contribution in [0.3, 0.4) is 0 Å². The van der Waals surface area contributed by atoms with E-state index < -0.39 is 5.24 Å². The molecule has 0 amide bonds. The third-order valence-electron chi connectivity index (χ3n) is 1.73. The first-order chi connectivity index (χ1) is 6.07. The van der Waals surface area contributed by atoms with Gasteiger partial charge in [-0.15, -0.1) is 0 Å². The second-order valence-electron chi connectivity index (χ2n) is 2.48. The van der Waals surface area contributed by atoms with Crippen molar-refractivity contribution >= 4 is 39.4 Å². The molecule has 0 atom stereocenters. The predicted molar refractivity (Wildman–Crippen MR) is 58.8 cm³/mol. The quantitative estimate of drug-likeness (QED) is 0.591. The molecule has 66 valence electrons. The summed E-state index contributed by atoms with van der Waals surface area (Å²) >= 11 is 7.41. The summed E-state index contributed by atoms with van der Waals surface area (Å²) in [4.78, 5) is 11.0. The summed E-state index contributed by atoms with van der Waals surface area (Å²) in [6.45, 7) is 1.72. The maximum Gasteiger partial charge on any atom is 0.253 e. The fourth-order valence-electron chi connectivity index (χ4n) is 1.04. The van der Waals surface area contributed by atoms with Gasteiger partial charge in [0.15, 0.2) is 0 Å². The van der Waals surface area contributed by atoms with Crippen LogP contribution in [0, 0.1) is 21.8 Å². The lowest BCUT2D eigenvalue weighted by molar-refractivity contribution is 0.108. The van der Waals surface area contributed by atoms with Crippen LogP contribution in [0.2, 0.25) is 0 Å². The number of nitriles is 1. The van der Waals surface area contributed by atoms with Crippen LogP contribution in [0.25, 0.3) is 0 Å². The molecule has 0 aliphatic carbocycles. The van der Waals surface area contributed by atoms with E-state index in [0.29, 0.717) is 16.7 Å². The molecule has 0 aromatic heterocycles. The molecule has 0 radical (unpaired) electrons. The van der Waals surface area contributed by atoms with Crippen molar-refractivity contribution in [3.05, 3.63) is 32.4 Å². The van der Waals surface area contributed by atoms with Gasteiger partial charge in [-0.2, -0.15) is 5.26 Å². The minimum atomic E-state index is -0.515. The van der Waals surface area contributed by atoms with E-state index >= 15 is 0 Å². The Morgan fingerprint density at radius 1 is 1.62 bits per heavy atom. The van der Waals surface area contributed by atoms with E-state index in [-0.39, 0.29) is 0 Å². The highest BCUT2D eigenvalue weighted by Crippen LogP contribution is 2.21. The van der Waals surface area contributed by atoms with Gasteiger partial charge in [-0.3, -0.25) is 4.79 Å². The average molecular weight is 306 g/mol. The van der Waals surface area contributed by atoms with E-state index in [1.807, 2.05) is 28.7 Å². The van der Waals surface area contributed by atoms with Gasteiger partial charge in [0.2, 0.25) is 0 Å². The standard InChI is InChI=1S/C9H5ClINO/c1-5-6(4-12)2-3-7(11)8(5)9(10)13/h2-3H,1H3. The molecule has 1 aromatic carbocycles. The van der Waals surface area contributed by atoms with Crippen LogP contribution in [-0.2, 0) is 0 Å². The van der Waals surface area contributed by atoms with Crippen molar-refractivity contribution in [2.24, 2.45) is 0 Å². The van der Waals surface area contributed by atoms with Gasteiger partial charge in [0.1, 0.15) is 0 Å². The lowest BCUT2D eigenvalue weighted by Crippen LogP contribution is -1.99. The molecule has 1 aromatic rings. The van der Waals surface area contributed by atoms with E-state index in [4.69, 9.17) is 16.9 Å². The molecule has 0 N–H and O–H groups in total. The molecule has 0 unspecified atom stereocenters. The number of rotatable bonds is 1. The molecule has 0 saturated heterocycles. The van der Waals surface area contributed by atoms with Crippen molar-refractivity contribution in [1.82, 2.24) is 0 Å². The van der Waals surface area contributed by atoms with Crippen molar-refractivity contribution in [3.8, 4) is 6.07 Å². The fourth-order valence-corrected chi connectivity index (χ4v) is 2.27. The number of halogens is 2. The topological polar surface area (TPSA) is 40.9 Å². The summed E-state index contributed by atoms with van der Waals surface area (Å²) in [6.07, 6.45) is 0. The summed E-state index contributed by atoms with van der Waals surface area (Å²) in [5.41, 5.74) is 1.57. The molecule has 0 saturated carbocycles. The van der Waals surface area contributed by atoms with Crippen molar-refractivity contribution in [1.29, 1.82) is 5.26 Å². The Balaban J connectivity index is 3.50. The van der Waals surface area contributed by atoms with Gasteiger partial charge >= 0.3 is 0 Å². The van der Waals surface area contributed by atoms with Gasteiger partial charge in [-0.05, 0) is 58.8 Å². The second kappa shape index (κ2) is 4.07. The largest absolute Gasteiger partial charge is 0.276 e. The Morgan fingerprint density at radius 2 is 2.23 bits per heavy atom. The summed E-state index contributed by atoms with van der Waals surface area (Å²) in [5, 5.41) is 8.19. The number of benzene rings is 1. The van der Waals surface area contributed by atoms with Crippen molar-refractivity contribution < 1.29 is 4.79 Å². The first kappa shape index (κ1) is 10.5. The van der Waals surface area contributed by atoms with Gasteiger partial charge in [0.05, 0.1) is 17.2 Å². The minimum absolute atomic E-state index is 0.432. The highest BCUT2D eigenvalue weighted by Gasteiger charge is 2.13. The van der Waals surface area contributed by atoms with Crippen molar-refractivity contribution in [2.75, 3.05) is 0 Å². The Labute approximate surface area is 94.6 Å². The van der Waals surface area contributed by atoms with Crippen molar-refractivity contribution in [3.63, 3.8) is 0 Å². The molecule has 4 heteroatoms. The highest BCUT2D eigenvalue weighted by atomic mass is 127. The highest BCUT2D eigenvalue weighted by molar-refractivity contribution is 14.1. The van der Waals surface area contributed by atoms with E-state index in [2.05, 4.69) is 0 Å². The van der Waals surface area contributed by atoms with Crippen LogP contribution in [0.1, 0.15) is 21.5 Å². The van der Waals surface area contributed by atoms with Gasteiger partial charge in [-0.25, -0.2) is 0 Å². The summed E-state index contributed by atoms with van der Waals surface area (Å²) < 4.78 is 0.772.